The lowest BCUT2D eigenvalue weighted by Gasteiger charge is -1.99. The quantitative estimate of drug-likeness (QED) is 0.586. The van der Waals surface area contributed by atoms with Crippen molar-refractivity contribution in [1.82, 2.24) is 10.2 Å². The van der Waals surface area contributed by atoms with Crippen LogP contribution in [0.2, 0.25) is 0 Å². The van der Waals surface area contributed by atoms with Crippen molar-refractivity contribution >= 4 is 11.9 Å². The van der Waals surface area contributed by atoms with E-state index in [1.807, 2.05) is 54.6 Å². The molecule has 5 nitrogen and oxygen atoms in total. The highest BCUT2D eigenvalue weighted by Crippen LogP contribution is 2.17. The molecule has 0 aliphatic carbocycles. The summed E-state index contributed by atoms with van der Waals surface area (Å²) in [6.45, 7) is 1.77. The van der Waals surface area contributed by atoms with Crippen molar-refractivity contribution in [3.63, 3.8) is 0 Å². The first kappa shape index (κ1) is 13.1. The van der Waals surface area contributed by atoms with Gasteiger partial charge < -0.3 is 4.42 Å². The minimum absolute atomic E-state index is 0.526. The lowest BCUT2D eigenvalue weighted by atomic mass is 10.1. The van der Waals surface area contributed by atoms with E-state index in [9.17, 15) is 0 Å². The van der Waals surface area contributed by atoms with Gasteiger partial charge in [-0.15, -0.1) is 10.2 Å². The first-order chi connectivity index (χ1) is 10.3. The van der Waals surface area contributed by atoms with Gasteiger partial charge in [-0.1, -0.05) is 30.3 Å². The van der Waals surface area contributed by atoms with Gasteiger partial charge in [-0.25, -0.2) is 0 Å². The van der Waals surface area contributed by atoms with Crippen LogP contribution in [0.4, 0.5) is 5.69 Å². The molecule has 3 rings (SSSR count). The standard InChI is InChI=1S/C16H14N4O/c1-12-18-20-16(21-12)14-9-7-13(8-10-14)11-17-19-15-5-3-2-4-6-15/h2-11,19H,1H3. The Kier molecular flexibility index (Phi) is 3.73. The highest BCUT2D eigenvalue weighted by Gasteiger charge is 2.04. The highest BCUT2D eigenvalue weighted by molar-refractivity contribution is 5.81. The number of aryl methyl sites for hydroxylation is 1. The van der Waals surface area contributed by atoms with Gasteiger partial charge in [0.25, 0.3) is 0 Å². The zero-order chi connectivity index (χ0) is 14.5. The Morgan fingerprint density at radius 3 is 2.43 bits per heavy atom. The first-order valence-corrected chi connectivity index (χ1v) is 6.56. The first-order valence-electron chi connectivity index (χ1n) is 6.56. The van der Waals surface area contributed by atoms with Crippen molar-refractivity contribution in [3.8, 4) is 11.5 Å². The van der Waals surface area contributed by atoms with Gasteiger partial charge in [0, 0.05) is 12.5 Å². The van der Waals surface area contributed by atoms with E-state index in [1.165, 1.54) is 0 Å². The Morgan fingerprint density at radius 1 is 1.00 bits per heavy atom. The van der Waals surface area contributed by atoms with Crippen LogP contribution in [0, 0.1) is 6.92 Å². The molecule has 2 aromatic carbocycles. The molecule has 0 spiro atoms. The number of nitrogens with one attached hydrogen (secondary N) is 1. The summed E-state index contributed by atoms with van der Waals surface area (Å²) < 4.78 is 5.38. The summed E-state index contributed by atoms with van der Waals surface area (Å²) in [5.74, 6) is 1.08. The second kappa shape index (κ2) is 6.00. The number of para-hydroxylation sites is 1. The molecule has 3 aromatic rings. The minimum Gasteiger partial charge on any atom is -0.421 e. The molecule has 1 aromatic heterocycles. The second-order valence-corrected chi connectivity index (χ2v) is 4.48. The van der Waals surface area contributed by atoms with Crippen molar-refractivity contribution in [2.45, 2.75) is 6.92 Å². The molecule has 0 saturated heterocycles. The van der Waals surface area contributed by atoms with E-state index in [2.05, 4.69) is 20.7 Å². The van der Waals surface area contributed by atoms with Crippen LogP contribution in [0.3, 0.4) is 0 Å². The molecule has 0 aliphatic heterocycles. The number of hydrogen-bond donors (Lipinski definition) is 1. The van der Waals surface area contributed by atoms with E-state index < -0.39 is 0 Å². The van der Waals surface area contributed by atoms with Crippen molar-refractivity contribution in [2.24, 2.45) is 5.10 Å². The second-order valence-electron chi connectivity index (χ2n) is 4.48. The molecule has 1 N–H and O–H groups in total. The van der Waals surface area contributed by atoms with Gasteiger partial charge in [0.2, 0.25) is 11.8 Å². The summed E-state index contributed by atoms with van der Waals surface area (Å²) in [7, 11) is 0. The number of nitrogens with zero attached hydrogens (tertiary/aromatic N) is 3. The van der Waals surface area contributed by atoms with Gasteiger partial charge in [0.15, 0.2) is 0 Å². The van der Waals surface area contributed by atoms with Gasteiger partial charge in [0.05, 0.1) is 11.9 Å². The van der Waals surface area contributed by atoms with Crippen molar-refractivity contribution in [1.29, 1.82) is 0 Å². The lowest BCUT2D eigenvalue weighted by molar-refractivity contribution is 0.533. The molecular weight excluding hydrogens is 264 g/mol. The van der Waals surface area contributed by atoms with Crippen LogP contribution in [-0.2, 0) is 0 Å². The largest absolute Gasteiger partial charge is 0.421 e. The third kappa shape index (κ3) is 3.33. The molecule has 0 bridgehead atoms. The maximum atomic E-state index is 5.38. The molecule has 0 aliphatic rings. The van der Waals surface area contributed by atoms with E-state index in [0.717, 1.165) is 16.8 Å². The Bertz CT molecular complexity index is 732. The molecule has 104 valence electrons. The normalized spacial score (nSPS) is 10.9. The third-order valence-corrected chi connectivity index (χ3v) is 2.86. The lowest BCUT2D eigenvalue weighted by Crippen LogP contribution is -1.90. The molecule has 0 atom stereocenters. The predicted octanol–water partition coefficient (Wildman–Crippen LogP) is 3.49. The molecule has 0 unspecified atom stereocenters. The third-order valence-electron chi connectivity index (χ3n) is 2.86. The average molecular weight is 278 g/mol. The number of rotatable bonds is 4. The topological polar surface area (TPSA) is 63.3 Å². The monoisotopic (exact) mass is 278 g/mol. The molecule has 0 saturated carbocycles. The van der Waals surface area contributed by atoms with Gasteiger partial charge in [0.1, 0.15) is 0 Å². The Morgan fingerprint density at radius 2 is 1.76 bits per heavy atom. The van der Waals surface area contributed by atoms with Gasteiger partial charge in [-0.05, 0) is 29.8 Å². The molecule has 1 heterocycles. The van der Waals surface area contributed by atoms with Crippen LogP contribution in [0.15, 0.2) is 64.1 Å². The molecule has 5 heteroatoms. The smallest absolute Gasteiger partial charge is 0.247 e. The van der Waals surface area contributed by atoms with Crippen molar-refractivity contribution < 1.29 is 4.42 Å². The fraction of sp³-hybridized carbons (Fsp3) is 0.0625. The number of benzene rings is 2. The van der Waals surface area contributed by atoms with Crippen LogP contribution in [0.1, 0.15) is 11.5 Å². The average Bonchev–Trinajstić information content (AvgIpc) is 2.96. The fourth-order valence-electron chi connectivity index (χ4n) is 1.82. The number of hydrazone groups is 1. The van der Waals surface area contributed by atoms with Crippen LogP contribution >= 0.6 is 0 Å². The van der Waals surface area contributed by atoms with Crippen LogP contribution in [-0.4, -0.2) is 16.4 Å². The van der Waals surface area contributed by atoms with Gasteiger partial charge >= 0.3 is 0 Å². The molecule has 0 amide bonds. The molecule has 21 heavy (non-hydrogen) atoms. The summed E-state index contributed by atoms with van der Waals surface area (Å²) in [6, 6.07) is 17.5. The number of aromatic nitrogens is 2. The van der Waals surface area contributed by atoms with Crippen molar-refractivity contribution in [3.05, 3.63) is 66.1 Å². The highest BCUT2D eigenvalue weighted by atomic mass is 16.4. The zero-order valence-electron chi connectivity index (χ0n) is 11.5. The number of anilines is 1. The van der Waals surface area contributed by atoms with Crippen LogP contribution < -0.4 is 5.43 Å². The molecule has 0 fully saturated rings. The fourth-order valence-corrected chi connectivity index (χ4v) is 1.82. The maximum Gasteiger partial charge on any atom is 0.247 e. The zero-order valence-corrected chi connectivity index (χ0v) is 11.5. The summed E-state index contributed by atoms with van der Waals surface area (Å²) in [5, 5.41) is 12.0. The van der Waals surface area contributed by atoms with Crippen LogP contribution in [0.5, 0.6) is 0 Å². The minimum atomic E-state index is 0.526. The van der Waals surface area contributed by atoms with Crippen molar-refractivity contribution in [2.75, 3.05) is 5.43 Å². The summed E-state index contributed by atoms with van der Waals surface area (Å²) in [4.78, 5) is 0. The summed E-state index contributed by atoms with van der Waals surface area (Å²) in [6.07, 6.45) is 1.76. The molecular formula is C16H14N4O. The van der Waals surface area contributed by atoms with E-state index in [4.69, 9.17) is 4.42 Å². The van der Waals surface area contributed by atoms with E-state index in [-0.39, 0.29) is 0 Å². The predicted molar refractivity (Wildman–Crippen MR) is 82.1 cm³/mol. The van der Waals surface area contributed by atoms with E-state index in [0.29, 0.717) is 11.8 Å². The Balaban J connectivity index is 1.67. The van der Waals surface area contributed by atoms with Gasteiger partial charge in [-0.3, -0.25) is 5.43 Å². The summed E-state index contributed by atoms with van der Waals surface area (Å²) in [5.41, 5.74) is 5.80. The Labute approximate surface area is 122 Å². The SMILES string of the molecule is Cc1nnc(-c2ccc(C=NNc3ccccc3)cc2)o1. The van der Waals surface area contributed by atoms with E-state index in [1.54, 1.807) is 13.1 Å². The molecule has 0 radical (unpaired) electrons. The van der Waals surface area contributed by atoms with E-state index >= 15 is 0 Å². The maximum absolute atomic E-state index is 5.38. The summed E-state index contributed by atoms with van der Waals surface area (Å²) >= 11 is 0. The Hall–Kier alpha value is -2.95. The van der Waals surface area contributed by atoms with Crippen LogP contribution in [0.25, 0.3) is 11.5 Å². The number of hydrogen-bond acceptors (Lipinski definition) is 5. The van der Waals surface area contributed by atoms with Gasteiger partial charge in [-0.2, -0.15) is 5.10 Å².